The maximum Gasteiger partial charge on any atom is 0.336 e. The predicted molar refractivity (Wildman–Crippen MR) is 104 cm³/mol. The van der Waals surface area contributed by atoms with Crippen molar-refractivity contribution >= 4 is 28.7 Å². The van der Waals surface area contributed by atoms with E-state index < -0.39 is 36.4 Å². The number of carbonyl (C=O) groups is 3. The summed E-state index contributed by atoms with van der Waals surface area (Å²) in [6.45, 7) is 0. The second kappa shape index (κ2) is 8.12. The van der Waals surface area contributed by atoms with Gasteiger partial charge in [0.05, 0.1) is 12.8 Å². The average molecular weight is 394 g/mol. The van der Waals surface area contributed by atoms with Crippen LogP contribution in [0.15, 0.2) is 66.7 Å². The number of hydrogen-bond acceptors (Lipinski definition) is 5. The molecule has 0 heterocycles. The van der Waals surface area contributed by atoms with Crippen LogP contribution < -0.4 is 4.74 Å². The molecule has 0 radical (unpaired) electrons. The number of fused-ring (bicyclic) bond motifs is 1. The molecule has 0 aliphatic rings. The molecule has 7 heteroatoms. The lowest BCUT2D eigenvalue weighted by molar-refractivity contribution is -0.169. The zero-order valence-corrected chi connectivity index (χ0v) is 15.2. The summed E-state index contributed by atoms with van der Waals surface area (Å²) in [5.41, 5.74) is -1.38. The highest BCUT2D eigenvalue weighted by molar-refractivity contribution is 5.98. The molecule has 3 aromatic rings. The number of esters is 1. The van der Waals surface area contributed by atoms with Crippen LogP contribution in [0.4, 0.5) is 0 Å². The van der Waals surface area contributed by atoms with E-state index in [1.807, 2.05) is 48.5 Å². The number of rotatable bonds is 7. The van der Waals surface area contributed by atoms with Crippen LogP contribution >= 0.6 is 0 Å². The normalized spacial score (nSPS) is 12.9. The first-order chi connectivity index (χ1) is 13.8. The van der Waals surface area contributed by atoms with Crippen LogP contribution in [0.1, 0.15) is 12.8 Å². The van der Waals surface area contributed by atoms with Gasteiger partial charge in [-0.1, -0.05) is 60.7 Å². The van der Waals surface area contributed by atoms with Gasteiger partial charge >= 0.3 is 17.9 Å². The fraction of sp³-hybridized carbons (Fsp3) is 0.136. The van der Waals surface area contributed by atoms with Gasteiger partial charge in [-0.3, -0.25) is 9.59 Å². The first kappa shape index (κ1) is 20.0. The van der Waals surface area contributed by atoms with Gasteiger partial charge in [-0.2, -0.15) is 0 Å². The van der Waals surface area contributed by atoms with Crippen molar-refractivity contribution in [3.05, 3.63) is 66.7 Å². The third kappa shape index (κ3) is 4.41. The van der Waals surface area contributed by atoms with Crippen molar-refractivity contribution in [2.45, 2.75) is 18.4 Å². The highest BCUT2D eigenvalue weighted by Gasteiger charge is 2.41. The maximum absolute atomic E-state index is 12.5. The molecule has 0 amide bonds. The molecule has 0 aromatic heterocycles. The van der Waals surface area contributed by atoms with Crippen molar-refractivity contribution in [3.63, 3.8) is 0 Å². The summed E-state index contributed by atoms with van der Waals surface area (Å²) in [5.74, 6) is -4.19. The van der Waals surface area contributed by atoms with Crippen molar-refractivity contribution in [2.75, 3.05) is 0 Å². The minimum atomic E-state index is -2.76. The van der Waals surface area contributed by atoms with Gasteiger partial charge < -0.3 is 20.1 Å². The van der Waals surface area contributed by atoms with Crippen LogP contribution in [0.5, 0.6) is 5.75 Å². The summed E-state index contributed by atoms with van der Waals surface area (Å²) < 4.78 is 5.49. The van der Waals surface area contributed by atoms with Gasteiger partial charge in [0.1, 0.15) is 5.75 Å². The largest absolute Gasteiger partial charge is 0.481 e. The van der Waals surface area contributed by atoms with Crippen molar-refractivity contribution in [3.8, 4) is 16.9 Å². The minimum absolute atomic E-state index is 0.211. The third-order valence-corrected chi connectivity index (χ3v) is 4.46. The quantitative estimate of drug-likeness (QED) is 0.416. The number of benzene rings is 3. The Bertz CT molecular complexity index is 1070. The first-order valence-electron chi connectivity index (χ1n) is 8.75. The minimum Gasteiger partial charge on any atom is -0.481 e. The Kier molecular flexibility index (Phi) is 5.61. The molecule has 1 atom stereocenters. The second-order valence-electron chi connectivity index (χ2n) is 6.59. The van der Waals surface area contributed by atoms with E-state index in [1.54, 1.807) is 18.2 Å². The molecule has 0 fully saturated rings. The van der Waals surface area contributed by atoms with E-state index in [4.69, 9.17) is 9.84 Å². The van der Waals surface area contributed by atoms with E-state index >= 15 is 0 Å². The molecule has 0 bridgehead atoms. The number of aliphatic carboxylic acids is 2. The first-order valence-corrected chi connectivity index (χ1v) is 8.75. The second-order valence-corrected chi connectivity index (χ2v) is 6.59. The van der Waals surface area contributed by atoms with Gasteiger partial charge in [0, 0.05) is 10.9 Å². The standard InChI is InChI=1S/C22H18O7/c23-18(24)12-22(28,21(26)27)13-19(25)29-20-16-9-5-4-8-15(16)10-11-17(20)14-6-2-1-3-7-14/h1-11,28H,12-13H2,(H,23,24)(H,26,27). The van der Waals surface area contributed by atoms with Crippen LogP contribution in [-0.2, 0) is 14.4 Å². The Labute approximate surface area is 165 Å². The van der Waals surface area contributed by atoms with Crippen molar-refractivity contribution in [1.29, 1.82) is 0 Å². The lowest BCUT2D eigenvalue weighted by Crippen LogP contribution is -2.43. The van der Waals surface area contributed by atoms with Gasteiger partial charge in [0.2, 0.25) is 0 Å². The summed E-state index contributed by atoms with van der Waals surface area (Å²) in [6, 6.07) is 20.0. The molecule has 0 saturated carbocycles. The van der Waals surface area contributed by atoms with E-state index in [9.17, 15) is 24.6 Å². The molecule has 7 nitrogen and oxygen atoms in total. The van der Waals surface area contributed by atoms with Crippen LogP contribution in [0.2, 0.25) is 0 Å². The van der Waals surface area contributed by atoms with Crippen molar-refractivity contribution < 1.29 is 34.4 Å². The lowest BCUT2D eigenvalue weighted by Gasteiger charge is -2.21. The van der Waals surface area contributed by atoms with Gasteiger partial charge in [0.25, 0.3) is 0 Å². The molecule has 29 heavy (non-hydrogen) atoms. The Balaban J connectivity index is 2.01. The molecule has 0 saturated heterocycles. The van der Waals surface area contributed by atoms with Gasteiger partial charge in [0.15, 0.2) is 5.60 Å². The molecule has 0 aliphatic heterocycles. The van der Waals surface area contributed by atoms with Crippen molar-refractivity contribution in [1.82, 2.24) is 0 Å². The Hall–Kier alpha value is -3.71. The van der Waals surface area contributed by atoms with E-state index in [1.165, 1.54) is 0 Å². The fourth-order valence-corrected chi connectivity index (χ4v) is 3.05. The summed E-state index contributed by atoms with van der Waals surface area (Å²) >= 11 is 0. The topological polar surface area (TPSA) is 121 Å². The molecule has 3 aromatic carbocycles. The maximum atomic E-state index is 12.5. The Morgan fingerprint density at radius 2 is 1.48 bits per heavy atom. The van der Waals surface area contributed by atoms with Crippen molar-refractivity contribution in [2.24, 2.45) is 0 Å². The van der Waals surface area contributed by atoms with Gasteiger partial charge in [-0.05, 0) is 17.0 Å². The number of carboxylic acids is 2. The monoisotopic (exact) mass is 394 g/mol. The number of hydrogen-bond donors (Lipinski definition) is 3. The van der Waals surface area contributed by atoms with Crippen LogP contribution in [0.25, 0.3) is 21.9 Å². The molecule has 1 unspecified atom stereocenters. The molecular formula is C22H18O7. The molecular weight excluding hydrogens is 376 g/mol. The number of carboxylic acid groups (broad SMARTS) is 2. The summed E-state index contributed by atoms with van der Waals surface area (Å²) in [5, 5.41) is 29.6. The molecule has 148 valence electrons. The zero-order chi connectivity index (χ0) is 21.0. The summed E-state index contributed by atoms with van der Waals surface area (Å²) in [4.78, 5) is 34.7. The van der Waals surface area contributed by atoms with Gasteiger partial charge in [-0.15, -0.1) is 0 Å². The smallest absolute Gasteiger partial charge is 0.336 e. The van der Waals surface area contributed by atoms with E-state index in [-0.39, 0.29) is 5.75 Å². The number of aliphatic hydroxyl groups is 1. The summed E-state index contributed by atoms with van der Waals surface area (Å²) in [6.07, 6.45) is -2.13. The molecule has 0 spiro atoms. The number of ether oxygens (including phenoxy) is 1. The third-order valence-electron chi connectivity index (χ3n) is 4.46. The SMILES string of the molecule is O=C(O)CC(O)(CC(=O)Oc1c(-c2ccccc2)ccc2ccccc12)C(=O)O. The van der Waals surface area contributed by atoms with E-state index in [2.05, 4.69) is 0 Å². The Morgan fingerprint density at radius 1 is 0.828 bits per heavy atom. The van der Waals surface area contributed by atoms with Gasteiger partial charge in [-0.25, -0.2) is 4.79 Å². The molecule has 3 N–H and O–H groups in total. The summed E-state index contributed by atoms with van der Waals surface area (Å²) in [7, 11) is 0. The van der Waals surface area contributed by atoms with E-state index in [0.717, 1.165) is 10.9 Å². The molecule has 3 rings (SSSR count). The van der Waals surface area contributed by atoms with Crippen LogP contribution in [0, 0.1) is 0 Å². The average Bonchev–Trinajstić information content (AvgIpc) is 2.68. The lowest BCUT2D eigenvalue weighted by atomic mass is 9.95. The zero-order valence-electron chi connectivity index (χ0n) is 15.2. The highest BCUT2D eigenvalue weighted by Crippen LogP contribution is 2.37. The molecule has 0 aliphatic carbocycles. The van der Waals surface area contributed by atoms with Crippen LogP contribution in [-0.4, -0.2) is 38.8 Å². The highest BCUT2D eigenvalue weighted by atomic mass is 16.5. The van der Waals surface area contributed by atoms with Crippen LogP contribution in [0.3, 0.4) is 0 Å². The Morgan fingerprint density at radius 3 is 2.14 bits per heavy atom. The van der Waals surface area contributed by atoms with E-state index in [0.29, 0.717) is 10.9 Å². The predicted octanol–water partition coefficient (Wildman–Crippen LogP) is 3.09. The fourth-order valence-electron chi connectivity index (χ4n) is 3.05. The number of carbonyl (C=O) groups excluding carboxylic acids is 1.